The summed E-state index contributed by atoms with van der Waals surface area (Å²) in [5.74, 6) is 0. The maximum absolute atomic E-state index is 3.73. The fourth-order valence-corrected chi connectivity index (χ4v) is 6.74. The van der Waals surface area contributed by atoms with Crippen LogP contribution in [0.25, 0.3) is 69.5 Å². The topological polar surface area (TPSA) is 20.7 Å². The van der Waals surface area contributed by atoms with Crippen LogP contribution in [0, 0.1) is 0 Å². The minimum absolute atomic E-state index is 1.20. The van der Waals surface area contributed by atoms with Crippen molar-refractivity contribution in [2.45, 2.75) is 0 Å². The van der Waals surface area contributed by atoms with Crippen molar-refractivity contribution < 1.29 is 0 Å². The fourth-order valence-electron chi connectivity index (χ4n) is 5.47. The van der Waals surface area contributed by atoms with Gasteiger partial charge >= 0.3 is 0 Å². The van der Waals surface area contributed by atoms with Crippen LogP contribution in [0.1, 0.15) is 0 Å². The number of hydrogen-bond donors (Lipinski definition) is 1. The first-order chi connectivity index (χ1) is 16.4. The Labute approximate surface area is 193 Å². The maximum Gasteiger partial charge on any atom is 0.111 e. The number of rotatable bonds is 1. The Morgan fingerprint density at radius 1 is 0.576 bits per heavy atom. The van der Waals surface area contributed by atoms with Crippen molar-refractivity contribution in [2.75, 3.05) is 0 Å². The standard InChI is InChI=1S/C30H18N2S/c1-2-11-21(12-3-1)32-28-22-13-7-6-8-18(22)14-15-23(28)27-26-24-16-19-9-4-5-10-20(19)17-25(24)31-29(26)33-30(27)32/h1-17,31H. The lowest BCUT2D eigenvalue weighted by Crippen LogP contribution is -1.92. The molecule has 0 unspecified atom stereocenters. The van der Waals surface area contributed by atoms with E-state index in [0.29, 0.717) is 0 Å². The Morgan fingerprint density at radius 3 is 2.15 bits per heavy atom. The molecule has 3 heterocycles. The van der Waals surface area contributed by atoms with Crippen LogP contribution in [-0.4, -0.2) is 9.55 Å². The van der Waals surface area contributed by atoms with E-state index in [4.69, 9.17) is 0 Å². The second-order valence-corrected chi connectivity index (χ2v) is 9.71. The SMILES string of the molecule is c1ccc(-n2c3sc4[nH]c5cc6ccccc6cc5c4c3c3ccc4ccccc4c32)cc1. The molecule has 0 aliphatic carbocycles. The number of fused-ring (bicyclic) bond motifs is 10. The quantitative estimate of drug-likeness (QED) is 0.264. The summed E-state index contributed by atoms with van der Waals surface area (Å²) in [6, 6.07) is 37.3. The predicted octanol–water partition coefficient (Wildman–Crippen LogP) is 8.79. The van der Waals surface area contributed by atoms with Gasteiger partial charge in [0.25, 0.3) is 0 Å². The van der Waals surface area contributed by atoms with Crippen LogP contribution in [-0.2, 0) is 0 Å². The van der Waals surface area contributed by atoms with Gasteiger partial charge in [-0.1, -0.05) is 90.2 Å². The molecule has 0 amide bonds. The number of hydrogen-bond acceptors (Lipinski definition) is 1. The number of nitrogens with one attached hydrogen (secondary N) is 1. The molecule has 8 aromatic rings. The minimum Gasteiger partial charge on any atom is -0.346 e. The van der Waals surface area contributed by atoms with E-state index >= 15 is 0 Å². The third kappa shape index (κ3) is 2.27. The molecule has 0 saturated carbocycles. The van der Waals surface area contributed by atoms with Gasteiger partial charge in [0.15, 0.2) is 0 Å². The second kappa shape index (κ2) is 6.25. The van der Waals surface area contributed by atoms with Gasteiger partial charge in [0.2, 0.25) is 0 Å². The summed E-state index contributed by atoms with van der Waals surface area (Å²) in [5, 5.41) is 10.4. The van der Waals surface area contributed by atoms with Crippen LogP contribution in [0.2, 0.25) is 0 Å². The maximum atomic E-state index is 3.73. The summed E-state index contributed by atoms with van der Waals surface area (Å²) in [7, 11) is 0. The second-order valence-electron chi connectivity index (χ2n) is 8.71. The molecular weight excluding hydrogens is 420 g/mol. The molecule has 0 atom stereocenters. The third-order valence-corrected chi connectivity index (χ3v) is 7.99. The lowest BCUT2D eigenvalue weighted by Gasteiger charge is -2.08. The van der Waals surface area contributed by atoms with Crippen molar-refractivity contribution in [3.8, 4) is 5.69 Å². The average Bonchev–Trinajstić information content (AvgIpc) is 3.49. The van der Waals surface area contributed by atoms with Gasteiger partial charge in [-0.15, -0.1) is 0 Å². The Morgan fingerprint density at radius 2 is 1.30 bits per heavy atom. The molecule has 3 heteroatoms. The molecule has 0 aliphatic heterocycles. The van der Waals surface area contributed by atoms with E-state index in [1.165, 1.54) is 69.5 Å². The molecule has 33 heavy (non-hydrogen) atoms. The zero-order chi connectivity index (χ0) is 21.5. The number of aromatic nitrogens is 2. The first-order valence-corrected chi connectivity index (χ1v) is 12.0. The van der Waals surface area contributed by atoms with Gasteiger partial charge in [-0.05, 0) is 40.4 Å². The van der Waals surface area contributed by atoms with Crippen LogP contribution >= 0.6 is 11.3 Å². The van der Waals surface area contributed by atoms with Crippen LogP contribution in [0.15, 0.2) is 103 Å². The number of thiophene rings is 1. The van der Waals surface area contributed by atoms with Gasteiger partial charge in [-0.25, -0.2) is 0 Å². The van der Waals surface area contributed by atoms with E-state index < -0.39 is 0 Å². The Balaban J connectivity index is 1.64. The molecule has 5 aromatic carbocycles. The number of para-hydroxylation sites is 1. The van der Waals surface area contributed by atoms with Gasteiger partial charge in [0.1, 0.15) is 9.66 Å². The lowest BCUT2D eigenvalue weighted by atomic mass is 10.0. The molecule has 0 bridgehead atoms. The average molecular weight is 439 g/mol. The monoisotopic (exact) mass is 438 g/mol. The molecule has 0 saturated heterocycles. The van der Waals surface area contributed by atoms with E-state index in [-0.39, 0.29) is 0 Å². The first kappa shape index (κ1) is 17.5. The van der Waals surface area contributed by atoms with Gasteiger partial charge < -0.3 is 9.55 Å². The summed E-state index contributed by atoms with van der Waals surface area (Å²) < 4.78 is 2.46. The van der Waals surface area contributed by atoms with Crippen LogP contribution < -0.4 is 0 Å². The number of aromatic amines is 1. The first-order valence-electron chi connectivity index (χ1n) is 11.2. The predicted molar refractivity (Wildman–Crippen MR) is 143 cm³/mol. The van der Waals surface area contributed by atoms with Crippen molar-refractivity contribution in [3.05, 3.63) is 103 Å². The van der Waals surface area contributed by atoms with E-state index in [1.807, 2.05) is 11.3 Å². The highest BCUT2D eigenvalue weighted by molar-refractivity contribution is 7.25. The molecule has 1 N–H and O–H groups in total. The molecule has 0 fully saturated rings. The summed E-state index contributed by atoms with van der Waals surface area (Å²) in [6.45, 7) is 0. The van der Waals surface area contributed by atoms with Gasteiger partial charge in [-0.2, -0.15) is 0 Å². The number of nitrogens with zero attached hydrogens (tertiary/aromatic N) is 1. The van der Waals surface area contributed by atoms with Crippen molar-refractivity contribution in [1.29, 1.82) is 0 Å². The third-order valence-electron chi connectivity index (χ3n) is 6.90. The lowest BCUT2D eigenvalue weighted by molar-refractivity contribution is 1.20. The highest BCUT2D eigenvalue weighted by Crippen LogP contribution is 2.47. The van der Waals surface area contributed by atoms with E-state index in [2.05, 4.69) is 113 Å². The minimum atomic E-state index is 1.20. The zero-order valence-corrected chi connectivity index (χ0v) is 18.5. The van der Waals surface area contributed by atoms with Crippen LogP contribution in [0.4, 0.5) is 0 Å². The Hall–Kier alpha value is -4.08. The Bertz CT molecular complexity index is 2020. The molecule has 8 rings (SSSR count). The van der Waals surface area contributed by atoms with E-state index in [0.717, 1.165) is 0 Å². The molecule has 0 radical (unpaired) electrons. The highest BCUT2D eigenvalue weighted by atomic mass is 32.1. The molecule has 3 aromatic heterocycles. The summed E-state index contributed by atoms with van der Waals surface area (Å²) >= 11 is 1.86. The Kier molecular flexibility index (Phi) is 3.31. The summed E-state index contributed by atoms with van der Waals surface area (Å²) in [5.41, 5.74) is 3.70. The fraction of sp³-hybridized carbons (Fsp3) is 0. The van der Waals surface area contributed by atoms with Crippen molar-refractivity contribution in [2.24, 2.45) is 0 Å². The molecular formula is C30H18N2S. The molecule has 0 spiro atoms. The molecule has 0 aliphatic rings. The largest absolute Gasteiger partial charge is 0.346 e. The summed E-state index contributed by atoms with van der Waals surface area (Å²) in [4.78, 5) is 6.27. The van der Waals surface area contributed by atoms with E-state index in [9.17, 15) is 0 Å². The highest BCUT2D eigenvalue weighted by Gasteiger charge is 2.22. The number of benzene rings is 5. The molecule has 2 nitrogen and oxygen atoms in total. The van der Waals surface area contributed by atoms with E-state index in [1.54, 1.807) is 0 Å². The molecule has 154 valence electrons. The van der Waals surface area contributed by atoms with Crippen molar-refractivity contribution in [3.63, 3.8) is 0 Å². The van der Waals surface area contributed by atoms with Gasteiger partial charge in [0.05, 0.1) is 5.52 Å². The van der Waals surface area contributed by atoms with Gasteiger partial charge in [0, 0.05) is 38.1 Å². The zero-order valence-electron chi connectivity index (χ0n) is 17.7. The number of H-pyrrole nitrogens is 1. The summed E-state index contributed by atoms with van der Waals surface area (Å²) in [6.07, 6.45) is 0. The van der Waals surface area contributed by atoms with Crippen molar-refractivity contribution >= 4 is 75.1 Å². The van der Waals surface area contributed by atoms with Crippen LogP contribution in [0.5, 0.6) is 0 Å². The normalized spacial score (nSPS) is 12.2. The van der Waals surface area contributed by atoms with Crippen molar-refractivity contribution in [1.82, 2.24) is 9.55 Å². The smallest absolute Gasteiger partial charge is 0.111 e. The van der Waals surface area contributed by atoms with Gasteiger partial charge in [-0.3, -0.25) is 0 Å². The van der Waals surface area contributed by atoms with Crippen LogP contribution in [0.3, 0.4) is 0 Å².